The maximum Gasteiger partial charge on any atom is 0.161 e. The molecule has 59 heavy (non-hydrogen) atoms. The van der Waals surface area contributed by atoms with E-state index in [1.165, 1.54) is 69.2 Å². The Hall–Kier alpha value is -7.67. The van der Waals surface area contributed by atoms with Gasteiger partial charge in [-0.15, -0.1) is 11.3 Å². The van der Waals surface area contributed by atoms with Gasteiger partial charge in [0.2, 0.25) is 0 Å². The van der Waals surface area contributed by atoms with E-state index in [0.29, 0.717) is 11.4 Å². The van der Waals surface area contributed by atoms with Crippen molar-refractivity contribution in [3.05, 3.63) is 199 Å². The Morgan fingerprint density at radius 2 is 1.17 bits per heavy atom. The van der Waals surface area contributed by atoms with Crippen LogP contribution in [0.1, 0.15) is 16.7 Å². The van der Waals surface area contributed by atoms with Crippen molar-refractivity contribution in [2.24, 2.45) is 9.98 Å². The molecule has 0 atom stereocenters. The minimum atomic E-state index is 0.113. The van der Waals surface area contributed by atoms with Crippen LogP contribution < -0.4 is 0 Å². The molecule has 0 spiro atoms. The summed E-state index contributed by atoms with van der Waals surface area (Å²) in [6.07, 6.45) is 1.86. The van der Waals surface area contributed by atoms with Crippen molar-refractivity contribution in [2.45, 2.75) is 0 Å². The molecule has 5 nitrogen and oxygen atoms in total. The average molecular weight is 773 g/mol. The Bertz CT molecular complexity index is 3660. The fourth-order valence-corrected chi connectivity index (χ4v) is 10.0. The number of rotatable bonds is 4. The second kappa shape index (κ2) is 13.2. The maximum absolute atomic E-state index is 9.03. The standard InChI is InChI=1S/C53H32N4OS/c54-52(36-22-26-40-39-17-8-9-19-45(39)58-46(40)30-36)56-53(35-13-2-1-3-14-35)55-31-32-21-25-41-48(29-32)59-47-20-10-18-42(49(41)47)57-43-27-23-33-11-4-6-15-37(33)50(43)51-38-16-7-5-12-34(38)24-28-44(51)57/h1-31,54H. The number of benzene rings is 9. The summed E-state index contributed by atoms with van der Waals surface area (Å²) in [5, 5.41) is 21.1. The molecule has 0 saturated heterocycles. The van der Waals surface area contributed by atoms with Crippen LogP contribution in [0.25, 0.3) is 91.1 Å². The largest absolute Gasteiger partial charge is 0.456 e. The van der Waals surface area contributed by atoms with Gasteiger partial charge in [-0.3, -0.25) is 5.41 Å². The molecule has 0 aliphatic rings. The first kappa shape index (κ1) is 33.5. The minimum Gasteiger partial charge on any atom is -0.456 e. The molecule has 3 heterocycles. The van der Waals surface area contributed by atoms with Crippen molar-refractivity contribution in [3.8, 4) is 5.69 Å². The second-order valence-electron chi connectivity index (χ2n) is 14.9. The van der Waals surface area contributed by atoms with Crippen LogP contribution in [0.5, 0.6) is 0 Å². The number of hydrogen-bond acceptors (Lipinski definition) is 3. The fourth-order valence-electron chi connectivity index (χ4n) is 8.83. The Labute approximate surface area is 341 Å². The van der Waals surface area contributed by atoms with Crippen molar-refractivity contribution in [1.29, 1.82) is 5.41 Å². The van der Waals surface area contributed by atoms with Gasteiger partial charge in [-0.1, -0.05) is 133 Å². The van der Waals surface area contributed by atoms with Crippen molar-refractivity contribution in [2.75, 3.05) is 0 Å². The number of amidine groups is 2. The molecule has 0 unspecified atom stereocenters. The van der Waals surface area contributed by atoms with Gasteiger partial charge in [0.25, 0.3) is 0 Å². The maximum atomic E-state index is 9.03. The molecule has 276 valence electrons. The highest BCUT2D eigenvalue weighted by molar-refractivity contribution is 7.26. The highest BCUT2D eigenvalue weighted by Crippen LogP contribution is 2.44. The molecule has 1 N–H and O–H groups in total. The zero-order valence-corrected chi connectivity index (χ0v) is 32.4. The van der Waals surface area contributed by atoms with Gasteiger partial charge in [0.15, 0.2) is 11.7 Å². The molecule has 0 aliphatic heterocycles. The zero-order chi connectivity index (χ0) is 39.0. The Balaban J connectivity index is 0.972. The Morgan fingerprint density at radius 3 is 1.93 bits per heavy atom. The van der Waals surface area contributed by atoms with Gasteiger partial charge in [-0.25, -0.2) is 9.98 Å². The highest BCUT2D eigenvalue weighted by Gasteiger charge is 2.20. The normalized spacial score (nSPS) is 12.5. The predicted octanol–water partition coefficient (Wildman–Crippen LogP) is 14.2. The first-order valence-electron chi connectivity index (χ1n) is 19.6. The zero-order valence-electron chi connectivity index (χ0n) is 31.6. The lowest BCUT2D eigenvalue weighted by molar-refractivity contribution is 0.669. The van der Waals surface area contributed by atoms with Crippen molar-refractivity contribution < 1.29 is 4.42 Å². The van der Waals surface area contributed by atoms with E-state index < -0.39 is 0 Å². The van der Waals surface area contributed by atoms with Gasteiger partial charge in [-0.05, 0) is 75.6 Å². The summed E-state index contributed by atoms with van der Waals surface area (Å²) in [6, 6.07) is 63.4. The van der Waals surface area contributed by atoms with E-state index in [0.717, 1.165) is 33.1 Å². The average Bonchev–Trinajstić information content (AvgIpc) is 3.97. The van der Waals surface area contributed by atoms with Gasteiger partial charge >= 0.3 is 0 Å². The summed E-state index contributed by atoms with van der Waals surface area (Å²) >= 11 is 1.80. The number of hydrogen-bond donors (Lipinski definition) is 1. The van der Waals surface area contributed by atoms with Crippen LogP contribution in [0.15, 0.2) is 196 Å². The van der Waals surface area contributed by atoms with Crippen LogP contribution in [0.4, 0.5) is 0 Å². The van der Waals surface area contributed by atoms with Crippen LogP contribution >= 0.6 is 11.3 Å². The van der Waals surface area contributed by atoms with Gasteiger partial charge in [0, 0.05) is 59.1 Å². The molecular formula is C53H32N4OS. The molecule has 0 fully saturated rings. The van der Waals surface area contributed by atoms with E-state index in [1.807, 2.05) is 72.9 Å². The van der Waals surface area contributed by atoms with E-state index in [9.17, 15) is 0 Å². The number of aliphatic imine (C=N–C) groups is 2. The molecule has 6 heteroatoms. The molecule has 3 aromatic heterocycles. The smallest absolute Gasteiger partial charge is 0.161 e. The molecule has 0 aliphatic carbocycles. The summed E-state index contributed by atoms with van der Waals surface area (Å²) in [5.41, 5.74) is 7.56. The summed E-state index contributed by atoms with van der Waals surface area (Å²) in [7, 11) is 0. The summed E-state index contributed by atoms with van der Waals surface area (Å²) in [4.78, 5) is 9.70. The van der Waals surface area contributed by atoms with Crippen LogP contribution in [-0.4, -0.2) is 22.5 Å². The SMILES string of the molecule is N=C(N=C(N=Cc1ccc2c(c1)sc1cccc(-n3c4ccc5ccccc5c4c4c5ccccc5ccc43)c12)c1ccccc1)c1ccc2c(c1)oc1ccccc12. The third kappa shape index (κ3) is 5.34. The first-order chi connectivity index (χ1) is 29.2. The number of fused-ring (bicyclic) bond motifs is 13. The van der Waals surface area contributed by atoms with Crippen molar-refractivity contribution >= 4 is 115 Å². The molecule has 0 radical (unpaired) electrons. The minimum absolute atomic E-state index is 0.113. The summed E-state index contributed by atoms with van der Waals surface area (Å²) in [5.74, 6) is 0.576. The third-order valence-corrected chi connectivity index (χ3v) is 12.6. The topological polar surface area (TPSA) is 66.6 Å². The van der Waals surface area contributed by atoms with Gasteiger partial charge in [-0.2, -0.15) is 0 Å². The lowest BCUT2D eigenvalue weighted by atomic mass is 10.00. The first-order valence-corrected chi connectivity index (χ1v) is 20.5. The summed E-state index contributed by atoms with van der Waals surface area (Å²) in [6.45, 7) is 0. The Kier molecular flexibility index (Phi) is 7.49. The fraction of sp³-hybridized carbons (Fsp3) is 0. The molecular weight excluding hydrogens is 741 g/mol. The van der Waals surface area contributed by atoms with E-state index in [1.54, 1.807) is 11.3 Å². The number of thiophene rings is 1. The number of para-hydroxylation sites is 1. The Morgan fingerprint density at radius 1 is 0.508 bits per heavy atom. The van der Waals surface area contributed by atoms with E-state index in [4.69, 9.17) is 19.8 Å². The summed E-state index contributed by atoms with van der Waals surface area (Å²) < 4.78 is 11.0. The van der Waals surface area contributed by atoms with E-state index in [2.05, 4.69) is 120 Å². The molecule has 0 bridgehead atoms. The van der Waals surface area contributed by atoms with Crippen molar-refractivity contribution in [1.82, 2.24) is 4.57 Å². The number of aromatic nitrogens is 1. The number of furan rings is 1. The quantitative estimate of drug-likeness (QED) is 0.140. The van der Waals surface area contributed by atoms with Crippen molar-refractivity contribution in [3.63, 3.8) is 0 Å². The van der Waals surface area contributed by atoms with Crippen LogP contribution in [0.2, 0.25) is 0 Å². The highest BCUT2D eigenvalue weighted by atomic mass is 32.1. The molecule has 0 saturated carbocycles. The second-order valence-corrected chi connectivity index (χ2v) is 16.0. The number of nitrogens with zero attached hydrogens (tertiary/aromatic N) is 3. The molecule has 0 amide bonds. The van der Waals surface area contributed by atoms with Gasteiger partial charge in [0.1, 0.15) is 11.2 Å². The monoisotopic (exact) mass is 772 g/mol. The van der Waals surface area contributed by atoms with Crippen LogP contribution in [-0.2, 0) is 0 Å². The predicted molar refractivity (Wildman–Crippen MR) is 250 cm³/mol. The molecule has 12 aromatic rings. The number of nitrogens with one attached hydrogen (secondary N) is 1. The lowest BCUT2D eigenvalue weighted by Crippen LogP contribution is -2.04. The van der Waals surface area contributed by atoms with Gasteiger partial charge in [0.05, 0.1) is 16.7 Å². The van der Waals surface area contributed by atoms with Crippen LogP contribution in [0.3, 0.4) is 0 Å². The molecule has 9 aromatic carbocycles. The van der Waals surface area contributed by atoms with Gasteiger partial charge < -0.3 is 8.98 Å². The van der Waals surface area contributed by atoms with E-state index in [-0.39, 0.29) is 5.84 Å². The van der Waals surface area contributed by atoms with Crippen LogP contribution in [0, 0.1) is 5.41 Å². The lowest BCUT2D eigenvalue weighted by Gasteiger charge is -2.11. The molecule has 12 rings (SSSR count). The third-order valence-electron chi connectivity index (χ3n) is 11.5. The van der Waals surface area contributed by atoms with E-state index >= 15 is 0 Å².